The molecule has 0 spiro atoms. The van der Waals surface area contributed by atoms with Crippen molar-refractivity contribution in [1.29, 1.82) is 0 Å². The first-order valence-electron chi connectivity index (χ1n) is 8.05. The Kier molecular flexibility index (Phi) is 3.92. The van der Waals surface area contributed by atoms with Crippen LogP contribution in [0, 0.1) is 17.5 Å². The second-order valence-electron chi connectivity index (χ2n) is 6.33. The fraction of sp³-hybridized carbons (Fsp3) is 0.150. The van der Waals surface area contributed by atoms with Gasteiger partial charge in [-0.3, -0.25) is 4.79 Å². The number of benzene rings is 3. The Morgan fingerprint density at radius 1 is 1.00 bits per heavy atom. The maximum Gasteiger partial charge on any atom is 0.161 e. The van der Waals surface area contributed by atoms with Gasteiger partial charge in [0.25, 0.3) is 0 Å². The highest BCUT2D eigenvalue weighted by atomic mass is 19.2. The lowest BCUT2D eigenvalue weighted by Gasteiger charge is -2.32. The van der Waals surface area contributed by atoms with Crippen LogP contribution in [0.5, 0.6) is 5.75 Å². The number of ether oxygens (including phenoxy) is 1. The number of carbonyl (C=O) groups is 1. The van der Waals surface area contributed by atoms with Crippen molar-refractivity contribution in [3.05, 3.63) is 76.6 Å². The van der Waals surface area contributed by atoms with Gasteiger partial charge in [0.05, 0.1) is 6.04 Å². The summed E-state index contributed by atoms with van der Waals surface area (Å²) in [5.74, 6) is -2.80. The van der Waals surface area contributed by atoms with Gasteiger partial charge in [-0.2, -0.15) is 0 Å². The summed E-state index contributed by atoms with van der Waals surface area (Å²) in [6.07, 6.45) is 0.212. The minimum absolute atomic E-state index is 0.113. The number of rotatable bonds is 2. The van der Waals surface area contributed by atoms with Crippen molar-refractivity contribution in [2.24, 2.45) is 5.73 Å². The summed E-state index contributed by atoms with van der Waals surface area (Å²) in [5.41, 5.74) is 7.45. The molecule has 6 heteroatoms. The molecule has 2 atom stereocenters. The molecule has 3 aromatic carbocycles. The molecule has 0 fully saturated rings. The van der Waals surface area contributed by atoms with Gasteiger partial charge in [0.1, 0.15) is 24.0 Å². The molecule has 0 amide bonds. The van der Waals surface area contributed by atoms with Crippen molar-refractivity contribution in [2.75, 3.05) is 0 Å². The lowest BCUT2D eigenvalue weighted by molar-refractivity contribution is 0.112. The van der Waals surface area contributed by atoms with E-state index in [1.54, 1.807) is 24.3 Å². The maximum atomic E-state index is 14.1. The van der Waals surface area contributed by atoms with Crippen LogP contribution < -0.4 is 10.5 Å². The summed E-state index contributed by atoms with van der Waals surface area (Å²) in [6, 6.07) is 9.41. The number of fused-ring (bicyclic) bond motifs is 3. The summed E-state index contributed by atoms with van der Waals surface area (Å²) >= 11 is 0. The number of aldehydes is 1. The molecule has 3 aromatic rings. The van der Waals surface area contributed by atoms with Gasteiger partial charge in [0, 0.05) is 22.8 Å². The highest BCUT2D eigenvalue weighted by molar-refractivity contribution is 5.92. The lowest BCUT2D eigenvalue weighted by Crippen LogP contribution is -2.38. The van der Waals surface area contributed by atoms with Crippen LogP contribution in [0.25, 0.3) is 10.8 Å². The average Bonchev–Trinajstić information content (AvgIpc) is 2.64. The predicted octanol–water partition coefficient (Wildman–Crippen LogP) is 4.07. The number of carbonyl (C=O) groups excluding carboxylic acids is 1. The summed E-state index contributed by atoms with van der Waals surface area (Å²) in [5, 5.41) is 1.74. The Bertz CT molecular complexity index is 1040. The standard InChI is InChI=1S/C20H14F3NO2/c21-15-8-17(23)16(22)6-14(15)20-18(24)7-13-12-3-1-10(9-25)5-11(12)2-4-19(13)26-20/h1-6,8-9,18,20H,7,24H2/t18-,20+/m0/s1. The summed E-state index contributed by atoms with van der Waals surface area (Å²) < 4.78 is 46.7. The van der Waals surface area contributed by atoms with Gasteiger partial charge in [0.15, 0.2) is 11.6 Å². The topological polar surface area (TPSA) is 52.3 Å². The highest BCUT2D eigenvalue weighted by Gasteiger charge is 2.32. The van der Waals surface area contributed by atoms with Crippen LogP contribution in [-0.4, -0.2) is 12.3 Å². The Hall–Kier alpha value is -2.86. The fourth-order valence-electron chi connectivity index (χ4n) is 3.40. The van der Waals surface area contributed by atoms with E-state index < -0.39 is 29.6 Å². The van der Waals surface area contributed by atoms with Crippen LogP contribution in [0.2, 0.25) is 0 Å². The molecule has 0 saturated carbocycles. The molecule has 1 aliphatic heterocycles. The second-order valence-corrected chi connectivity index (χ2v) is 6.33. The molecule has 4 rings (SSSR count). The van der Waals surface area contributed by atoms with E-state index in [-0.39, 0.29) is 5.56 Å². The zero-order valence-corrected chi connectivity index (χ0v) is 13.5. The summed E-state index contributed by atoms with van der Waals surface area (Å²) in [4.78, 5) is 10.9. The first-order chi connectivity index (χ1) is 12.5. The number of halogens is 3. The molecule has 0 bridgehead atoms. The van der Waals surface area contributed by atoms with E-state index in [9.17, 15) is 18.0 Å². The molecule has 132 valence electrons. The van der Waals surface area contributed by atoms with Crippen molar-refractivity contribution < 1.29 is 22.7 Å². The third kappa shape index (κ3) is 2.63. The van der Waals surface area contributed by atoms with Crippen LogP contribution in [0.3, 0.4) is 0 Å². The van der Waals surface area contributed by atoms with Gasteiger partial charge >= 0.3 is 0 Å². The molecular formula is C20H14F3NO2. The van der Waals surface area contributed by atoms with Crippen molar-refractivity contribution in [2.45, 2.75) is 18.6 Å². The Balaban J connectivity index is 1.79. The third-order valence-electron chi connectivity index (χ3n) is 4.68. The van der Waals surface area contributed by atoms with Gasteiger partial charge in [-0.1, -0.05) is 18.2 Å². The van der Waals surface area contributed by atoms with Crippen molar-refractivity contribution in [3.8, 4) is 5.75 Å². The highest BCUT2D eigenvalue weighted by Crippen LogP contribution is 2.39. The fourth-order valence-corrected chi connectivity index (χ4v) is 3.40. The monoisotopic (exact) mass is 357 g/mol. The van der Waals surface area contributed by atoms with Crippen LogP contribution in [-0.2, 0) is 6.42 Å². The van der Waals surface area contributed by atoms with Gasteiger partial charge in [0.2, 0.25) is 0 Å². The molecule has 0 saturated heterocycles. The van der Waals surface area contributed by atoms with E-state index in [1.807, 2.05) is 6.07 Å². The quantitative estimate of drug-likeness (QED) is 0.556. The average molecular weight is 357 g/mol. The molecule has 0 aromatic heterocycles. The predicted molar refractivity (Wildman–Crippen MR) is 90.7 cm³/mol. The number of hydrogen-bond acceptors (Lipinski definition) is 3. The van der Waals surface area contributed by atoms with Gasteiger partial charge in [-0.05, 0) is 35.4 Å². The van der Waals surface area contributed by atoms with E-state index in [0.717, 1.165) is 28.7 Å². The third-order valence-corrected chi connectivity index (χ3v) is 4.68. The van der Waals surface area contributed by atoms with Crippen molar-refractivity contribution >= 4 is 17.1 Å². The first kappa shape index (κ1) is 16.6. The molecule has 1 heterocycles. The zero-order chi connectivity index (χ0) is 18.4. The largest absolute Gasteiger partial charge is 0.484 e. The van der Waals surface area contributed by atoms with Crippen LogP contribution >= 0.6 is 0 Å². The molecular weight excluding hydrogens is 343 g/mol. The lowest BCUT2D eigenvalue weighted by atomic mass is 9.89. The normalized spacial score (nSPS) is 19.1. The second kappa shape index (κ2) is 6.14. The molecule has 26 heavy (non-hydrogen) atoms. The van der Waals surface area contributed by atoms with Crippen molar-refractivity contribution in [3.63, 3.8) is 0 Å². The maximum absolute atomic E-state index is 14.1. The smallest absolute Gasteiger partial charge is 0.161 e. The van der Waals surface area contributed by atoms with E-state index in [2.05, 4.69) is 0 Å². The van der Waals surface area contributed by atoms with Crippen LogP contribution in [0.15, 0.2) is 42.5 Å². The van der Waals surface area contributed by atoms with Crippen LogP contribution in [0.1, 0.15) is 27.6 Å². The zero-order valence-electron chi connectivity index (χ0n) is 13.5. The van der Waals surface area contributed by atoms with Gasteiger partial charge in [-0.25, -0.2) is 13.2 Å². The molecule has 2 N–H and O–H groups in total. The van der Waals surface area contributed by atoms with E-state index in [0.29, 0.717) is 23.8 Å². The minimum atomic E-state index is -1.26. The Labute approximate surface area is 147 Å². The minimum Gasteiger partial charge on any atom is -0.484 e. The SMILES string of the molecule is N[C@H]1Cc2c(ccc3cc(C=O)ccc23)O[C@@H]1c1cc(F)c(F)cc1F. The molecule has 3 nitrogen and oxygen atoms in total. The van der Waals surface area contributed by atoms with E-state index in [1.165, 1.54) is 0 Å². The van der Waals surface area contributed by atoms with Crippen LogP contribution in [0.4, 0.5) is 13.2 Å². The molecule has 0 radical (unpaired) electrons. The van der Waals surface area contributed by atoms with E-state index in [4.69, 9.17) is 10.5 Å². The molecule has 0 aliphatic carbocycles. The summed E-state index contributed by atoms with van der Waals surface area (Å²) in [6.45, 7) is 0. The number of nitrogens with two attached hydrogens (primary N) is 1. The number of hydrogen-bond donors (Lipinski definition) is 1. The van der Waals surface area contributed by atoms with Gasteiger partial charge < -0.3 is 10.5 Å². The molecule has 1 aliphatic rings. The molecule has 0 unspecified atom stereocenters. The Morgan fingerprint density at radius 3 is 2.54 bits per heavy atom. The Morgan fingerprint density at radius 2 is 1.77 bits per heavy atom. The van der Waals surface area contributed by atoms with Gasteiger partial charge in [-0.15, -0.1) is 0 Å². The van der Waals surface area contributed by atoms with E-state index >= 15 is 0 Å². The summed E-state index contributed by atoms with van der Waals surface area (Å²) in [7, 11) is 0. The first-order valence-corrected chi connectivity index (χ1v) is 8.05. The van der Waals surface area contributed by atoms with Crippen molar-refractivity contribution in [1.82, 2.24) is 0 Å².